The Labute approximate surface area is 101 Å². The van der Waals surface area contributed by atoms with E-state index in [9.17, 15) is 0 Å². The maximum atomic E-state index is 4.29. The number of aryl methyl sites for hydroxylation is 1. The van der Waals surface area contributed by atoms with Crippen molar-refractivity contribution in [3.8, 4) is 0 Å². The highest BCUT2D eigenvalue weighted by Gasteiger charge is 2.01. The second-order valence-corrected chi connectivity index (χ2v) is 4.82. The van der Waals surface area contributed by atoms with E-state index in [0.717, 1.165) is 14.5 Å². The number of pyridine rings is 1. The number of aromatic nitrogens is 3. The fraction of sp³-hybridized carbons (Fsp3) is 0.100. The van der Waals surface area contributed by atoms with Crippen molar-refractivity contribution in [1.29, 1.82) is 0 Å². The molecule has 2 aromatic heterocycles. The van der Waals surface area contributed by atoms with Crippen LogP contribution in [0.25, 0.3) is 0 Å². The average Bonchev–Trinajstić information content (AvgIpc) is 2.25. The van der Waals surface area contributed by atoms with Gasteiger partial charge in [0, 0.05) is 16.9 Å². The lowest BCUT2D eigenvalue weighted by molar-refractivity contribution is 1.03. The summed E-state index contributed by atoms with van der Waals surface area (Å²) >= 11 is 4.94. The molecule has 0 unspecified atom stereocenters. The molecule has 0 saturated heterocycles. The minimum atomic E-state index is 0.902. The Morgan fingerprint density at radius 1 is 1.27 bits per heavy atom. The summed E-state index contributed by atoms with van der Waals surface area (Å²) in [6.45, 7) is 2.04. The summed E-state index contributed by atoms with van der Waals surface area (Å²) in [7, 11) is 0. The van der Waals surface area contributed by atoms with Crippen LogP contribution in [0.2, 0.25) is 0 Å². The minimum Gasteiger partial charge on any atom is -0.248 e. The Morgan fingerprint density at radius 3 is 2.80 bits per heavy atom. The van der Waals surface area contributed by atoms with E-state index in [4.69, 9.17) is 0 Å². The van der Waals surface area contributed by atoms with Gasteiger partial charge >= 0.3 is 0 Å². The number of hydrogen-bond donors (Lipinski definition) is 0. The third kappa shape index (κ3) is 2.76. The lowest BCUT2D eigenvalue weighted by atomic mass is 10.3. The quantitative estimate of drug-likeness (QED) is 0.793. The van der Waals surface area contributed by atoms with Crippen molar-refractivity contribution in [3.63, 3.8) is 0 Å². The first kappa shape index (κ1) is 10.6. The smallest absolute Gasteiger partial charge is 0.116 e. The molecule has 0 bridgehead atoms. The van der Waals surface area contributed by atoms with Crippen molar-refractivity contribution < 1.29 is 0 Å². The lowest BCUT2D eigenvalue weighted by Crippen LogP contribution is -1.85. The van der Waals surface area contributed by atoms with Gasteiger partial charge in [-0.25, -0.2) is 15.0 Å². The maximum absolute atomic E-state index is 4.29. The third-order valence-electron chi connectivity index (χ3n) is 1.79. The molecule has 3 nitrogen and oxygen atoms in total. The second-order valence-electron chi connectivity index (χ2n) is 2.92. The zero-order valence-electron chi connectivity index (χ0n) is 8.01. The molecule has 0 amide bonds. The molecule has 2 heterocycles. The van der Waals surface area contributed by atoms with Crippen LogP contribution in [-0.2, 0) is 0 Å². The molecular formula is C10H8BrN3S. The van der Waals surface area contributed by atoms with Gasteiger partial charge < -0.3 is 0 Å². The molecule has 2 rings (SSSR count). The highest BCUT2D eigenvalue weighted by atomic mass is 79.9. The first-order valence-electron chi connectivity index (χ1n) is 4.32. The minimum absolute atomic E-state index is 0.902. The van der Waals surface area contributed by atoms with Crippen LogP contribution in [0, 0.1) is 6.92 Å². The third-order valence-corrected chi connectivity index (χ3v) is 3.50. The Hall–Kier alpha value is -0.940. The monoisotopic (exact) mass is 281 g/mol. The lowest BCUT2D eigenvalue weighted by Gasteiger charge is -2.01. The summed E-state index contributed by atoms with van der Waals surface area (Å²) in [6, 6.07) is 3.89. The van der Waals surface area contributed by atoms with Gasteiger partial charge in [-0.15, -0.1) is 0 Å². The van der Waals surface area contributed by atoms with Crippen LogP contribution in [0.15, 0.2) is 45.4 Å². The van der Waals surface area contributed by atoms with Crippen molar-refractivity contribution >= 4 is 27.7 Å². The van der Waals surface area contributed by atoms with Crippen molar-refractivity contribution in [2.75, 3.05) is 0 Å². The molecule has 0 spiro atoms. The zero-order valence-corrected chi connectivity index (χ0v) is 10.4. The van der Waals surface area contributed by atoms with Crippen LogP contribution < -0.4 is 0 Å². The fourth-order valence-electron chi connectivity index (χ4n) is 1.02. The van der Waals surface area contributed by atoms with E-state index in [-0.39, 0.29) is 0 Å². The van der Waals surface area contributed by atoms with Gasteiger partial charge in [0.05, 0.1) is 0 Å². The molecule has 76 valence electrons. The van der Waals surface area contributed by atoms with Gasteiger partial charge in [-0.05, 0) is 52.3 Å². The molecule has 0 aromatic carbocycles. The van der Waals surface area contributed by atoms with E-state index in [0.29, 0.717) is 0 Å². The highest BCUT2D eigenvalue weighted by molar-refractivity contribution is 9.10. The number of nitrogens with zero attached hydrogens (tertiary/aromatic N) is 3. The summed E-state index contributed by atoms with van der Waals surface area (Å²) in [6.07, 6.45) is 5.06. The van der Waals surface area contributed by atoms with Gasteiger partial charge in [0.15, 0.2) is 0 Å². The molecule has 2 aromatic rings. The first-order chi connectivity index (χ1) is 7.25. The maximum Gasteiger partial charge on any atom is 0.116 e. The molecule has 0 saturated carbocycles. The summed E-state index contributed by atoms with van der Waals surface area (Å²) in [4.78, 5) is 12.3. The Morgan fingerprint density at radius 2 is 2.13 bits per heavy atom. The zero-order chi connectivity index (χ0) is 10.7. The predicted molar refractivity (Wildman–Crippen MR) is 62.8 cm³/mol. The van der Waals surface area contributed by atoms with E-state index in [1.54, 1.807) is 12.4 Å². The van der Waals surface area contributed by atoms with Crippen molar-refractivity contribution in [2.45, 2.75) is 17.0 Å². The molecule has 0 fully saturated rings. The van der Waals surface area contributed by atoms with Gasteiger partial charge in [-0.3, -0.25) is 0 Å². The van der Waals surface area contributed by atoms with E-state index in [2.05, 4.69) is 30.9 Å². The normalized spacial score (nSPS) is 10.3. The van der Waals surface area contributed by atoms with Crippen LogP contribution in [0.3, 0.4) is 0 Å². The molecule has 15 heavy (non-hydrogen) atoms. The van der Waals surface area contributed by atoms with Gasteiger partial charge in [0.25, 0.3) is 0 Å². The topological polar surface area (TPSA) is 38.7 Å². The van der Waals surface area contributed by atoms with Gasteiger partial charge in [0.2, 0.25) is 0 Å². The molecule has 0 atom stereocenters. The standard InChI is InChI=1S/C10H8BrN3S/c1-7-4-10(13-5-8(7)11)15-9-2-3-12-6-14-9/h2-6H,1H3. The molecule has 0 aliphatic rings. The van der Waals surface area contributed by atoms with Crippen LogP contribution in [0.4, 0.5) is 0 Å². The molecule has 0 aliphatic carbocycles. The number of hydrogen-bond acceptors (Lipinski definition) is 4. The Bertz CT molecular complexity index is 461. The molecular weight excluding hydrogens is 274 g/mol. The predicted octanol–water partition coefficient (Wildman–Crippen LogP) is 3.09. The summed E-state index contributed by atoms with van der Waals surface area (Å²) in [5.74, 6) is 0. The van der Waals surface area contributed by atoms with Crippen LogP contribution in [0.5, 0.6) is 0 Å². The molecule has 0 N–H and O–H groups in total. The van der Waals surface area contributed by atoms with E-state index in [1.165, 1.54) is 23.7 Å². The fourth-order valence-corrected chi connectivity index (χ4v) is 2.02. The summed E-state index contributed by atoms with van der Waals surface area (Å²) in [5.41, 5.74) is 1.17. The molecule has 5 heteroatoms. The van der Waals surface area contributed by atoms with Gasteiger partial charge in [-0.1, -0.05) is 0 Å². The van der Waals surface area contributed by atoms with Crippen molar-refractivity contribution in [3.05, 3.63) is 40.9 Å². The van der Waals surface area contributed by atoms with E-state index >= 15 is 0 Å². The van der Waals surface area contributed by atoms with Gasteiger partial charge in [0.1, 0.15) is 16.4 Å². The Balaban J connectivity index is 2.22. The SMILES string of the molecule is Cc1cc(Sc2ccncn2)ncc1Br. The van der Waals surface area contributed by atoms with Crippen LogP contribution in [-0.4, -0.2) is 15.0 Å². The van der Waals surface area contributed by atoms with Gasteiger partial charge in [-0.2, -0.15) is 0 Å². The molecule has 0 aliphatic heterocycles. The van der Waals surface area contributed by atoms with E-state index < -0.39 is 0 Å². The highest BCUT2D eigenvalue weighted by Crippen LogP contribution is 2.26. The number of rotatable bonds is 2. The number of halogens is 1. The van der Waals surface area contributed by atoms with Crippen LogP contribution in [0.1, 0.15) is 5.56 Å². The Kier molecular flexibility index (Phi) is 3.33. The van der Waals surface area contributed by atoms with E-state index in [1.807, 2.05) is 19.1 Å². The summed E-state index contributed by atoms with van der Waals surface area (Å²) < 4.78 is 1.02. The van der Waals surface area contributed by atoms with Crippen LogP contribution >= 0.6 is 27.7 Å². The second kappa shape index (κ2) is 4.72. The largest absolute Gasteiger partial charge is 0.248 e. The average molecular weight is 282 g/mol. The van der Waals surface area contributed by atoms with Crippen molar-refractivity contribution in [1.82, 2.24) is 15.0 Å². The summed E-state index contributed by atoms with van der Waals surface area (Å²) in [5, 5.41) is 1.84. The molecule has 0 radical (unpaired) electrons. The first-order valence-corrected chi connectivity index (χ1v) is 5.92. The van der Waals surface area contributed by atoms with Crippen molar-refractivity contribution in [2.24, 2.45) is 0 Å².